The lowest BCUT2D eigenvalue weighted by Gasteiger charge is -1.96. The van der Waals surface area contributed by atoms with Crippen LogP contribution in [0.25, 0.3) is 10.9 Å². The highest BCUT2D eigenvalue weighted by Gasteiger charge is 2.02. The van der Waals surface area contributed by atoms with Crippen LogP contribution in [0.4, 0.5) is 4.39 Å². The number of halogens is 2. The van der Waals surface area contributed by atoms with Crippen LogP contribution in [0, 0.1) is 12.1 Å². The molecular formula is C8H3ClFN2. The Kier molecular flexibility index (Phi) is 1.66. The molecular weight excluding hydrogens is 179 g/mol. The molecule has 2 nitrogen and oxygen atoms in total. The molecule has 1 aromatic carbocycles. The molecule has 4 heteroatoms. The van der Waals surface area contributed by atoms with Crippen LogP contribution >= 0.6 is 11.6 Å². The molecule has 0 bridgehead atoms. The van der Waals surface area contributed by atoms with Gasteiger partial charge in [0.05, 0.1) is 10.9 Å². The molecule has 0 aliphatic heterocycles. The lowest BCUT2D eigenvalue weighted by molar-refractivity contribution is 0.639. The van der Waals surface area contributed by atoms with E-state index in [1.54, 1.807) is 6.07 Å². The van der Waals surface area contributed by atoms with E-state index in [0.717, 1.165) is 0 Å². The highest BCUT2D eigenvalue weighted by Crippen LogP contribution is 2.19. The fraction of sp³-hybridized carbons (Fsp3) is 0. The van der Waals surface area contributed by atoms with Crippen molar-refractivity contribution >= 4 is 22.5 Å². The maximum absolute atomic E-state index is 13.1. The Balaban J connectivity index is 2.89. The molecule has 1 heterocycles. The highest BCUT2D eigenvalue weighted by atomic mass is 35.5. The molecule has 0 aliphatic carbocycles. The number of rotatable bonds is 0. The number of nitrogens with zero attached hydrogens (tertiary/aromatic N) is 2. The van der Waals surface area contributed by atoms with Crippen molar-refractivity contribution in [1.29, 1.82) is 0 Å². The van der Waals surface area contributed by atoms with Gasteiger partial charge in [0.1, 0.15) is 5.82 Å². The van der Waals surface area contributed by atoms with E-state index in [1.807, 2.05) is 0 Å². The molecule has 0 fully saturated rings. The SMILES string of the molecule is Fc1cc(Cl)cc2n[c]ncc12. The number of benzene rings is 1. The van der Waals surface area contributed by atoms with Gasteiger partial charge in [0, 0.05) is 11.2 Å². The Morgan fingerprint density at radius 1 is 1.42 bits per heavy atom. The first-order valence-corrected chi connectivity index (χ1v) is 3.63. The fourth-order valence-electron chi connectivity index (χ4n) is 0.968. The van der Waals surface area contributed by atoms with Crippen molar-refractivity contribution < 1.29 is 4.39 Å². The van der Waals surface area contributed by atoms with Crippen LogP contribution in [0.1, 0.15) is 0 Å². The predicted molar refractivity (Wildman–Crippen MR) is 43.3 cm³/mol. The van der Waals surface area contributed by atoms with Gasteiger partial charge >= 0.3 is 0 Å². The van der Waals surface area contributed by atoms with E-state index in [-0.39, 0.29) is 0 Å². The van der Waals surface area contributed by atoms with Crippen molar-refractivity contribution in [1.82, 2.24) is 9.97 Å². The first-order valence-electron chi connectivity index (χ1n) is 3.25. The molecule has 0 N–H and O–H groups in total. The van der Waals surface area contributed by atoms with Gasteiger partial charge < -0.3 is 0 Å². The molecule has 59 valence electrons. The molecule has 0 saturated carbocycles. The Hall–Kier alpha value is -1.22. The molecule has 0 spiro atoms. The van der Waals surface area contributed by atoms with Crippen molar-refractivity contribution in [2.75, 3.05) is 0 Å². The van der Waals surface area contributed by atoms with Crippen LogP contribution in [-0.4, -0.2) is 9.97 Å². The van der Waals surface area contributed by atoms with Gasteiger partial charge in [-0.15, -0.1) is 0 Å². The van der Waals surface area contributed by atoms with E-state index in [9.17, 15) is 4.39 Å². The molecule has 0 aliphatic rings. The van der Waals surface area contributed by atoms with Gasteiger partial charge in [-0.05, 0) is 12.1 Å². The minimum absolute atomic E-state index is 0.326. The minimum atomic E-state index is -0.411. The Morgan fingerprint density at radius 3 is 3.08 bits per heavy atom. The van der Waals surface area contributed by atoms with Crippen LogP contribution < -0.4 is 0 Å². The van der Waals surface area contributed by atoms with Crippen molar-refractivity contribution in [3.05, 3.63) is 35.5 Å². The number of fused-ring (bicyclic) bond motifs is 1. The van der Waals surface area contributed by atoms with E-state index in [2.05, 4.69) is 16.3 Å². The van der Waals surface area contributed by atoms with E-state index in [1.165, 1.54) is 12.3 Å². The zero-order valence-corrected chi connectivity index (χ0v) is 6.64. The van der Waals surface area contributed by atoms with Crippen LogP contribution in [0.2, 0.25) is 5.02 Å². The van der Waals surface area contributed by atoms with Gasteiger partial charge in [-0.3, -0.25) is 0 Å². The monoisotopic (exact) mass is 181 g/mol. The third-order valence-electron chi connectivity index (χ3n) is 1.49. The summed E-state index contributed by atoms with van der Waals surface area (Å²) in [5.74, 6) is -0.411. The lowest BCUT2D eigenvalue weighted by atomic mass is 10.2. The zero-order valence-electron chi connectivity index (χ0n) is 5.88. The second-order valence-electron chi connectivity index (χ2n) is 2.29. The molecule has 0 saturated heterocycles. The second kappa shape index (κ2) is 2.68. The Labute approximate surface area is 73.0 Å². The first kappa shape index (κ1) is 7.43. The molecule has 1 aromatic heterocycles. The molecule has 2 rings (SSSR count). The Bertz CT molecular complexity index is 430. The molecule has 1 radical (unpaired) electrons. The highest BCUT2D eigenvalue weighted by molar-refractivity contribution is 6.31. The summed E-state index contributed by atoms with van der Waals surface area (Å²) in [4.78, 5) is 7.33. The summed E-state index contributed by atoms with van der Waals surface area (Å²) >= 11 is 5.61. The summed E-state index contributed by atoms with van der Waals surface area (Å²) in [5.41, 5.74) is 0.468. The molecule has 12 heavy (non-hydrogen) atoms. The van der Waals surface area contributed by atoms with E-state index in [4.69, 9.17) is 11.6 Å². The van der Waals surface area contributed by atoms with Crippen molar-refractivity contribution in [3.63, 3.8) is 0 Å². The summed E-state index contributed by atoms with van der Waals surface area (Å²) < 4.78 is 13.1. The van der Waals surface area contributed by atoms with Crippen molar-refractivity contribution in [2.45, 2.75) is 0 Å². The second-order valence-corrected chi connectivity index (χ2v) is 2.73. The van der Waals surface area contributed by atoms with Crippen LogP contribution in [0.5, 0.6) is 0 Å². The maximum Gasteiger partial charge on any atom is 0.198 e. The number of hydrogen-bond donors (Lipinski definition) is 0. The predicted octanol–water partition coefficient (Wildman–Crippen LogP) is 2.22. The molecule has 0 atom stereocenters. The van der Waals surface area contributed by atoms with E-state index in [0.29, 0.717) is 15.9 Å². The van der Waals surface area contributed by atoms with Crippen LogP contribution in [-0.2, 0) is 0 Å². The van der Waals surface area contributed by atoms with Gasteiger partial charge in [0.15, 0.2) is 6.33 Å². The summed E-state index contributed by atoms with van der Waals surface area (Å²) in [7, 11) is 0. The van der Waals surface area contributed by atoms with Gasteiger partial charge in [-0.25, -0.2) is 14.4 Å². The first-order chi connectivity index (χ1) is 5.77. The van der Waals surface area contributed by atoms with Crippen molar-refractivity contribution in [2.24, 2.45) is 0 Å². The van der Waals surface area contributed by atoms with Crippen LogP contribution in [0.15, 0.2) is 18.3 Å². The van der Waals surface area contributed by atoms with E-state index < -0.39 is 5.82 Å². The summed E-state index contributed by atoms with van der Waals surface area (Å²) in [6.45, 7) is 0. The maximum atomic E-state index is 13.1. The molecule has 0 amide bonds. The van der Waals surface area contributed by atoms with Gasteiger partial charge in [-0.1, -0.05) is 11.6 Å². The largest absolute Gasteiger partial charge is 0.233 e. The number of aromatic nitrogens is 2. The summed E-state index contributed by atoms with van der Waals surface area (Å²) in [6.07, 6.45) is 3.73. The third-order valence-corrected chi connectivity index (χ3v) is 1.71. The van der Waals surface area contributed by atoms with Crippen molar-refractivity contribution in [3.8, 4) is 0 Å². The Morgan fingerprint density at radius 2 is 2.25 bits per heavy atom. The van der Waals surface area contributed by atoms with Gasteiger partial charge in [0.2, 0.25) is 0 Å². The van der Waals surface area contributed by atoms with Crippen LogP contribution in [0.3, 0.4) is 0 Å². The van der Waals surface area contributed by atoms with Gasteiger partial charge in [0.25, 0.3) is 0 Å². The van der Waals surface area contributed by atoms with E-state index >= 15 is 0 Å². The topological polar surface area (TPSA) is 25.8 Å². The smallest absolute Gasteiger partial charge is 0.198 e. The standard InChI is InChI=1S/C8H3ClFN2/c9-5-1-7(10)6-3-11-4-12-8(6)2-5/h1-3H. The average Bonchev–Trinajstić information content (AvgIpc) is 2.04. The molecule has 0 unspecified atom stereocenters. The number of hydrogen-bond acceptors (Lipinski definition) is 2. The normalized spacial score (nSPS) is 10.5. The summed E-state index contributed by atoms with van der Waals surface area (Å²) in [5, 5.41) is 0.685. The lowest BCUT2D eigenvalue weighted by Crippen LogP contribution is -1.85. The van der Waals surface area contributed by atoms with Gasteiger partial charge in [-0.2, -0.15) is 0 Å². The minimum Gasteiger partial charge on any atom is -0.233 e. The average molecular weight is 182 g/mol. The zero-order chi connectivity index (χ0) is 8.55. The quantitative estimate of drug-likeness (QED) is 0.623. The molecule has 2 aromatic rings. The third kappa shape index (κ3) is 1.12. The fourth-order valence-corrected chi connectivity index (χ4v) is 1.17. The summed E-state index contributed by atoms with van der Waals surface area (Å²) in [6, 6.07) is 2.80.